The molecule has 0 saturated heterocycles. The molecule has 0 bridgehead atoms. The molecule has 104 valence electrons. The highest BCUT2D eigenvalue weighted by Crippen LogP contribution is 2.20. The predicted molar refractivity (Wildman–Crippen MR) is 82.0 cm³/mol. The number of halogens is 2. The Labute approximate surface area is 129 Å². The first-order valence-corrected chi connectivity index (χ1v) is 7.54. The minimum atomic E-state index is 0.539. The maximum atomic E-state index is 5.87. The van der Waals surface area contributed by atoms with Crippen LogP contribution in [-0.4, -0.2) is 30.2 Å². The van der Waals surface area contributed by atoms with Crippen molar-refractivity contribution in [2.45, 2.75) is 13.0 Å². The van der Waals surface area contributed by atoms with Gasteiger partial charge >= 0.3 is 0 Å². The molecule has 3 heterocycles. The Bertz CT molecular complexity index is 748. The van der Waals surface area contributed by atoms with Crippen molar-refractivity contribution in [3.63, 3.8) is 0 Å². The van der Waals surface area contributed by atoms with Gasteiger partial charge in [0.05, 0.1) is 12.7 Å². The van der Waals surface area contributed by atoms with Gasteiger partial charge in [0.25, 0.3) is 0 Å². The summed E-state index contributed by atoms with van der Waals surface area (Å²) in [6.07, 6.45) is 6.36. The fourth-order valence-corrected chi connectivity index (χ4v) is 2.70. The molecule has 5 nitrogen and oxygen atoms in total. The highest BCUT2D eigenvalue weighted by molar-refractivity contribution is 9.10. The summed E-state index contributed by atoms with van der Waals surface area (Å²) in [5.74, 6) is 1.49. The molecule has 20 heavy (non-hydrogen) atoms. The Morgan fingerprint density at radius 1 is 1.35 bits per heavy atom. The van der Waals surface area contributed by atoms with Crippen molar-refractivity contribution in [2.24, 2.45) is 7.05 Å². The molecule has 0 aliphatic carbocycles. The summed E-state index contributed by atoms with van der Waals surface area (Å²) in [6, 6.07) is 1.97. The second-order valence-electron chi connectivity index (χ2n) is 4.57. The molecule has 0 aromatic carbocycles. The SMILES string of the molecule is Cn1cc(Cn2c(CCCl)nc3cc(Br)cnc32)cn1. The third kappa shape index (κ3) is 2.58. The number of imidazole rings is 1. The molecule has 0 atom stereocenters. The normalized spacial score (nSPS) is 11.3. The zero-order valence-corrected chi connectivity index (χ0v) is 13.3. The Kier molecular flexibility index (Phi) is 3.76. The number of fused-ring (bicyclic) bond motifs is 1. The minimum Gasteiger partial charge on any atom is -0.308 e. The molecule has 3 rings (SSSR count). The molecule has 0 saturated carbocycles. The third-order valence-electron chi connectivity index (χ3n) is 3.05. The first-order chi connectivity index (χ1) is 9.67. The summed E-state index contributed by atoms with van der Waals surface area (Å²) in [4.78, 5) is 9.09. The Morgan fingerprint density at radius 2 is 2.20 bits per heavy atom. The standard InChI is InChI=1S/C13H13BrClN5/c1-19-7-9(5-17-19)8-20-12(2-3-15)18-11-4-10(14)6-16-13(11)20/h4-7H,2-3,8H2,1H3. The van der Waals surface area contributed by atoms with Crippen LogP contribution in [-0.2, 0) is 20.0 Å². The lowest BCUT2D eigenvalue weighted by molar-refractivity contribution is 0.742. The van der Waals surface area contributed by atoms with Gasteiger partial charge in [0, 0.05) is 41.8 Å². The van der Waals surface area contributed by atoms with E-state index in [4.69, 9.17) is 11.6 Å². The zero-order valence-electron chi connectivity index (χ0n) is 10.9. The van der Waals surface area contributed by atoms with Crippen molar-refractivity contribution in [2.75, 3.05) is 5.88 Å². The lowest BCUT2D eigenvalue weighted by atomic mass is 10.3. The van der Waals surface area contributed by atoms with Crippen LogP contribution in [0.25, 0.3) is 11.2 Å². The zero-order chi connectivity index (χ0) is 14.1. The molecule has 0 radical (unpaired) electrons. The van der Waals surface area contributed by atoms with E-state index in [1.807, 2.05) is 25.5 Å². The number of aromatic nitrogens is 5. The molecule has 3 aromatic rings. The van der Waals surface area contributed by atoms with Crippen molar-refractivity contribution in [1.29, 1.82) is 0 Å². The lowest BCUT2D eigenvalue weighted by Crippen LogP contribution is -2.06. The molecular weight excluding hydrogens is 342 g/mol. The van der Waals surface area contributed by atoms with Crippen molar-refractivity contribution >= 4 is 38.7 Å². The lowest BCUT2D eigenvalue weighted by Gasteiger charge is -2.06. The van der Waals surface area contributed by atoms with E-state index in [1.165, 1.54) is 0 Å². The molecule has 0 fully saturated rings. The summed E-state index contributed by atoms with van der Waals surface area (Å²) < 4.78 is 4.81. The van der Waals surface area contributed by atoms with Gasteiger partial charge < -0.3 is 4.57 Å². The number of nitrogens with zero attached hydrogens (tertiary/aromatic N) is 5. The van der Waals surface area contributed by atoms with Gasteiger partial charge in [-0.3, -0.25) is 4.68 Å². The summed E-state index contributed by atoms with van der Waals surface area (Å²) in [5.41, 5.74) is 2.87. The molecule has 3 aromatic heterocycles. The summed E-state index contributed by atoms with van der Waals surface area (Å²) in [6.45, 7) is 0.700. The van der Waals surface area contributed by atoms with Crippen LogP contribution in [0.2, 0.25) is 0 Å². The number of rotatable bonds is 4. The molecule has 0 aliphatic heterocycles. The van der Waals surface area contributed by atoms with Gasteiger partial charge in [-0.1, -0.05) is 0 Å². The third-order valence-corrected chi connectivity index (χ3v) is 3.67. The van der Waals surface area contributed by atoms with Crippen LogP contribution >= 0.6 is 27.5 Å². The molecule has 0 spiro atoms. The van der Waals surface area contributed by atoms with Crippen LogP contribution in [0.4, 0.5) is 0 Å². The Balaban J connectivity index is 2.08. The number of hydrogen-bond acceptors (Lipinski definition) is 3. The van der Waals surface area contributed by atoms with Crippen LogP contribution in [0.3, 0.4) is 0 Å². The van der Waals surface area contributed by atoms with E-state index in [9.17, 15) is 0 Å². The van der Waals surface area contributed by atoms with E-state index in [0.717, 1.165) is 33.4 Å². The summed E-state index contributed by atoms with van der Waals surface area (Å²) >= 11 is 9.30. The van der Waals surface area contributed by atoms with Gasteiger partial charge in [-0.25, -0.2) is 9.97 Å². The smallest absolute Gasteiger partial charge is 0.160 e. The van der Waals surface area contributed by atoms with Crippen LogP contribution in [0.15, 0.2) is 29.1 Å². The highest BCUT2D eigenvalue weighted by Gasteiger charge is 2.13. The Hall–Kier alpha value is -1.40. The minimum absolute atomic E-state index is 0.539. The number of hydrogen-bond donors (Lipinski definition) is 0. The quantitative estimate of drug-likeness (QED) is 0.677. The molecule has 0 N–H and O–H groups in total. The van der Waals surface area contributed by atoms with E-state index in [-0.39, 0.29) is 0 Å². The number of alkyl halides is 1. The maximum absolute atomic E-state index is 5.87. The topological polar surface area (TPSA) is 48.5 Å². The summed E-state index contributed by atoms with van der Waals surface area (Å²) in [7, 11) is 1.91. The van der Waals surface area contributed by atoms with Crippen LogP contribution in [0.1, 0.15) is 11.4 Å². The van der Waals surface area contributed by atoms with E-state index in [1.54, 1.807) is 10.9 Å². The molecule has 0 amide bonds. The number of pyridine rings is 1. The van der Waals surface area contributed by atoms with Gasteiger partial charge in [0.15, 0.2) is 5.65 Å². The first kappa shape index (κ1) is 13.6. The predicted octanol–water partition coefficient (Wildman–Crippen LogP) is 2.76. The van der Waals surface area contributed by atoms with E-state index >= 15 is 0 Å². The van der Waals surface area contributed by atoms with Gasteiger partial charge in [0.1, 0.15) is 11.3 Å². The van der Waals surface area contributed by atoms with Crippen LogP contribution in [0, 0.1) is 0 Å². The molecular formula is C13H13BrClN5. The van der Waals surface area contributed by atoms with Crippen LogP contribution < -0.4 is 0 Å². The second kappa shape index (κ2) is 5.54. The first-order valence-electron chi connectivity index (χ1n) is 6.21. The van der Waals surface area contributed by atoms with Gasteiger partial charge in [-0.15, -0.1) is 11.6 Å². The maximum Gasteiger partial charge on any atom is 0.160 e. The molecule has 0 aliphatic rings. The van der Waals surface area contributed by atoms with Gasteiger partial charge in [-0.2, -0.15) is 5.10 Å². The highest BCUT2D eigenvalue weighted by atomic mass is 79.9. The second-order valence-corrected chi connectivity index (χ2v) is 5.87. The fraction of sp³-hybridized carbons (Fsp3) is 0.308. The molecule has 7 heteroatoms. The average Bonchev–Trinajstić information content (AvgIpc) is 2.95. The monoisotopic (exact) mass is 353 g/mol. The number of aryl methyl sites for hydroxylation is 2. The fourth-order valence-electron chi connectivity index (χ4n) is 2.21. The van der Waals surface area contributed by atoms with E-state index in [2.05, 4.69) is 35.6 Å². The van der Waals surface area contributed by atoms with Crippen molar-refractivity contribution in [3.05, 3.63) is 40.5 Å². The molecule has 0 unspecified atom stereocenters. The van der Waals surface area contributed by atoms with Crippen molar-refractivity contribution in [3.8, 4) is 0 Å². The van der Waals surface area contributed by atoms with E-state index < -0.39 is 0 Å². The Morgan fingerprint density at radius 3 is 2.90 bits per heavy atom. The van der Waals surface area contributed by atoms with E-state index in [0.29, 0.717) is 12.4 Å². The largest absolute Gasteiger partial charge is 0.308 e. The van der Waals surface area contributed by atoms with Crippen molar-refractivity contribution in [1.82, 2.24) is 24.3 Å². The van der Waals surface area contributed by atoms with Gasteiger partial charge in [0.2, 0.25) is 0 Å². The van der Waals surface area contributed by atoms with Crippen LogP contribution in [0.5, 0.6) is 0 Å². The summed E-state index contributed by atoms with van der Waals surface area (Å²) in [5, 5.41) is 4.20. The van der Waals surface area contributed by atoms with Crippen molar-refractivity contribution < 1.29 is 0 Å². The average molecular weight is 355 g/mol. The van der Waals surface area contributed by atoms with Gasteiger partial charge in [-0.05, 0) is 22.0 Å².